The number of sulfonamides is 1. The molecule has 4 aromatic rings. The van der Waals surface area contributed by atoms with Crippen molar-refractivity contribution in [2.75, 3.05) is 32.9 Å². The number of hydrogen-bond acceptors (Lipinski definition) is 7. The Bertz CT molecular complexity index is 1670. The number of hydrogen-bond donors (Lipinski definition) is 1. The minimum Gasteiger partial charge on any atom is -0.484 e. The highest BCUT2D eigenvalue weighted by molar-refractivity contribution is 7.89. The molecule has 1 aliphatic heterocycles. The van der Waals surface area contributed by atoms with Gasteiger partial charge in [-0.3, -0.25) is 14.6 Å². The van der Waals surface area contributed by atoms with Crippen molar-refractivity contribution in [1.82, 2.24) is 19.5 Å². The number of amides is 2. The maximum absolute atomic E-state index is 13.8. The molecule has 1 saturated heterocycles. The molecule has 0 radical (unpaired) electrons. The molecule has 0 unspecified atom stereocenters. The number of pyridine rings is 1. The second kappa shape index (κ2) is 14.9. The van der Waals surface area contributed by atoms with Gasteiger partial charge in [-0.2, -0.15) is 4.31 Å². The third kappa shape index (κ3) is 8.29. The first-order valence-corrected chi connectivity index (χ1v) is 15.8. The van der Waals surface area contributed by atoms with Crippen LogP contribution in [0.5, 0.6) is 5.75 Å². The predicted octanol–water partition coefficient (Wildman–Crippen LogP) is 3.71. The van der Waals surface area contributed by atoms with Crippen LogP contribution in [0.1, 0.15) is 22.7 Å². The Morgan fingerprint density at radius 1 is 0.933 bits per heavy atom. The Hall–Kier alpha value is -4.65. The second-order valence-corrected chi connectivity index (χ2v) is 12.3. The minimum absolute atomic E-state index is 0.000915. The summed E-state index contributed by atoms with van der Waals surface area (Å²) >= 11 is 0. The summed E-state index contributed by atoms with van der Waals surface area (Å²) in [4.78, 5) is 33.2. The van der Waals surface area contributed by atoms with Gasteiger partial charge in [0.15, 0.2) is 6.61 Å². The van der Waals surface area contributed by atoms with Crippen molar-refractivity contribution < 1.29 is 31.9 Å². The van der Waals surface area contributed by atoms with E-state index >= 15 is 0 Å². The molecular formula is C33H33FN4O6S. The van der Waals surface area contributed by atoms with Gasteiger partial charge in [0, 0.05) is 38.6 Å². The molecular weight excluding hydrogens is 599 g/mol. The van der Waals surface area contributed by atoms with Gasteiger partial charge < -0.3 is 19.7 Å². The van der Waals surface area contributed by atoms with Gasteiger partial charge >= 0.3 is 0 Å². The number of nitrogens with one attached hydrogen (secondary N) is 1. The lowest BCUT2D eigenvalue weighted by atomic mass is 10.0. The van der Waals surface area contributed by atoms with Crippen LogP contribution in [0.2, 0.25) is 0 Å². The highest BCUT2D eigenvalue weighted by Crippen LogP contribution is 2.25. The number of benzene rings is 3. The molecule has 0 spiro atoms. The fraction of sp³-hybridized carbons (Fsp3) is 0.242. The minimum atomic E-state index is -3.69. The molecule has 1 aromatic heterocycles. The summed E-state index contributed by atoms with van der Waals surface area (Å²) in [6.07, 6.45) is 3.28. The van der Waals surface area contributed by atoms with Crippen molar-refractivity contribution in [1.29, 1.82) is 0 Å². The van der Waals surface area contributed by atoms with E-state index in [0.717, 1.165) is 5.56 Å². The fourth-order valence-corrected chi connectivity index (χ4v) is 6.29. The van der Waals surface area contributed by atoms with Gasteiger partial charge in [-0.1, -0.05) is 48.5 Å². The SMILES string of the molecule is O=C(NCc1cccnc1)[C@H](c1ccccc1)N(Cc1ccc(F)cc1)C(=O)COc1ccc(S(=O)(=O)N2CCOCC2)cc1. The van der Waals surface area contributed by atoms with Crippen molar-refractivity contribution in [3.63, 3.8) is 0 Å². The number of ether oxygens (including phenoxy) is 2. The van der Waals surface area contributed by atoms with E-state index in [9.17, 15) is 22.4 Å². The van der Waals surface area contributed by atoms with Gasteiger partial charge in [0.25, 0.3) is 5.91 Å². The van der Waals surface area contributed by atoms with E-state index < -0.39 is 40.3 Å². The lowest BCUT2D eigenvalue weighted by Gasteiger charge is -2.31. The molecule has 2 heterocycles. The standard InChI is InChI=1S/C33H33FN4O6S/c34-28-10-8-25(9-11-28)23-38(32(27-6-2-1-3-7-27)33(40)36-22-26-5-4-16-35-21-26)31(39)24-44-29-12-14-30(15-13-29)45(41,42)37-17-19-43-20-18-37/h1-16,21,32H,17-20,22-24H2,(H,36,40)/t32-/m0/s1. The molecule has 234 valence electrons. The summed E-state index contributed by atoms with van der Waals surface area (Å²) in [5.41, 5.74) is 1.98. The third-order valence-corrected chi connectivity index (χ3v) is 9.16. The number of carbonyl (C=O) groups is 2. The van der Waals surface area contributed by atoms with Crippen molar-refractivity contribution in [3.8, 4) is 5.75 Å². The number of carbonyl (C=O) groups excluding carboxylic acids is 2. The second-order valence-electron chi connectivity index (χ2n) is 10.3. The Balaban J connectivity index is 1.36. The van der Waals surface area contributed by atoms with Gasteiger partial charge in [0.2, 0.25) is 15.9 Å². The van der Waals surface area contributed by atoms with E-state index in [0.29, 0.717) is 24.3 Å². The molecule has 12 heteroatoms. The Labute approximate surface area is 261 Å². The summed E-state index contributed by atoms with van der Waals surface area (Å²) in [7, 11) is -3.69. The van der Waals surface area contributed by atoms with Crippen LogP contribution in [0.3, 0.4) is 0 Å². The Kier molecular flexibility index (Phi) is 10.5. The zero-order valence-electron chi connectivity index (χ0n) is 24.4. The maximum Gasteiger partial charge on any atom is 0.261 e. The number of nitrogens with zero attached hydrogens (tertiary/aromatic N) is 3. The largest absolute Gasteiger partial charge is 0.484 e. The zero-order valence-corrected chi connectivity index (χ0v) is 25.2. The van der Waals surface area contributed by atoms with Crippen LogP contribution in [0, 0.1) is 5.82 Å². The lowest BCUT2D eigenvalue weighted by Crippen LogP contribution is -2.45. The monoisotopic (exact) mass is 632 g/mol. The smallest absolute Gasteiger partial charge is 0.261 e. The number of aromatic nitrogens is 1. The average Bonchev–Trinajstić information content (AvgIpc) is 3.08. The van der Waals surface area contributed by atoms with Gasteiger partial charge in [-0.15, -0.1) is 0 Å². The van der Waals surface area contributed by atoms with Gasteiger partial charge in [-0.25, -0.2) is 12.8 Å². The van der Waals surface area contributed by atoms with E-state index in [1.165, 1.54) is 45.6 Å². The molecule has 1 atom stereocenters. The summed E-state index contributed by atoms with van der Waals surface area (Å²) < 4.78 is 52.1. The summed E-state index contributed by atoms with van der Waals surface area (Å²) in [6.45, 7) is 0.986. The summed E-state index contributed by atoms with van der Waals surface area (Å²) in [6, 6.07) is 23.0. The zero-order chi connectivity index (χ0) is 31.6. The van der Waals surface area contributed by atoms with E-state index in [1.54, 1.807) is 54.9 Å². The van der Waals surface area contributed by atoms with Gasteiger partial charge in [0.05, 0.1) is 18.1 Å². The maximum atomic E-state index is 13.8. The van der Waals surface area contributed by atoms with Crippen molar-refractivity contribution in [3.05, 3.63) is 126 Å². The van der Waals surface area contributed by atoms with Crippen LogP contribution in [0.25, 0.3) is 0 Å². The van der Waals surface area contributed by atoms with Crippen molar-refractivity contribution >= 4 is 21.8 Å². The van der Waals surface area contributed by atoms with E-state index in [4.69, 9.17) is 9.47 Å². The first-order valence-electron chi connectivity index (χ1n) is 14.4. The van der Waals surface area contributed by atoms with Crippen LogP contribution < -0.4 is 10.1 Å². The van der Waals surface area contributed by atoms with Crippen LogP contribution >= 0.6 is 0 Å². The molecule has 3 aromatic carbocycles. The van der Waals surface area contributed by atoms with Crippen molar-refractivity contribution in [2.24, 2.45) is 0 Å². The van der Waals surface area contributed by atoms with Crippen LogP contribution in [0.15, 0.2) is 108 Å². The molecule has 10 nitrogen and oxygen atoms in total. The van der Waals surface area contributed by atoms with Gasteiger partial charge in [0.1, 0.15) is 17.6 Å². The Morgan fingerprint density at radius 2 is 1.64 bits per heavy atom. The molecule has 45 heavy (non-hydrogen) atoms. The van der Waals surface area contributed by atoms with Crippen molar-refractivity contribution in [2.45, 2.75) is 24.0 Å². The molecule has 1 fully saturated rings. The number of rotatable bonds is 12. The molecule has 1 N–H and O–H groups in total. The van der Waals surface area contributed by atoms with E-state index in [2.05, 4.69) is 10.3 Å². The quantitative estimate of drug-likeness (QED) is 0.253. The number of morpholine rings is 1. The highest BCUT2D eigenvalue weighted by Gasteiger charge is 2.32. The average molecular weight is 633 g/mol. The molecule has 2 amide bonds. The number of halogens is 1. The Morgan fingerprint density at radius 3 is 2.31 bits per heavy atom. The van der Waals surface area contributed by atoms with Crippen LogP contribution in [-0.4, -0.2) is 67.3 Å². The molecule has 0 saturated carbocycles. The highest BCUT2D eigenvalue weighted by atomic mass is 32.2. The van der Waals surface area contributed by atoms with E-state index in [-0.39, 0.29) is 36.8 Å². The first kappa shape index (κ1) is 31.8. The van der Waals surface area contributed by atoms with Gasteiger partial charge in [-0.05, 0) is 59.2 Å². The third-order valence-electron chi connectivity index (χ3n) is 7.25. The molecule has 0 bridgehead atoms. The predicted molar refractivity (Wildman–Crippen MR) is 164 cm³/mol. The normalized spacial score (nSPS) is 14.3. The molecule has 5 rings (SSSR count). The molecule has 1 aliphatic rings. The fourth-order valence-electron chi connectivity index (χ4n) is 4.88. The molecule has 0 aliphatic carbocycles. The van der Waals surface area contributed by atoms with E-state index in [1.807, 2.05) is 12.1 Å². The lowest BCUT2D eigenvalue weighted by molar-refractivity contribution is -0.143. The van der Waals surface area contributed by atoms with Crippen LogP contribution in [-0.2, 0) is 37.4 Å². The first-order chi connectivity index (χ1) is 21.8. The van der Waals surface area contributed by atoms with Crippen LogP contribution in [0.4, 0.5) is 4.39 Å². The summed E-state index contributed by atoms with van der Waals surface area (Å²) in [5, 5.41) is 2.91. The summed E-state index contributed by atoms with van der Waals surface area (Å²) in [5.74, 6) is -1.07. The topological polar surface area (TPSA) is 118 Å².